The molecule has 0 aliphatic heterocycles. The van der Waals surface area contributed by atoms with Crippen LogP contribution in [0.2, 0.25) is 5.15 Å². The SMILES string of the molecule is C#CC(C)Nc1ccc(Cl)nn1. The van der Waals surface area contributed by atoms with Crippen LogP contribution in [-0.2, 0) is 0 Å². The molecule has 0 spiro atoms. The number of nitrogens with one attached hydrogen (secondary N) is 1. The molecule has 1 unspecified atom stereocenters. The Morgan fingerprint density at radius 3 is 2.83 bits per heavy atom. The van der Waals surface area contributed by atoms with Crippen LogP contribution in [0.5, 0.6) is 0 Å². The van der Waals surface area contributed by atoms with Crippen LogP contribution in [0.1, 0.15) is 6.92 Å². The van der Waals surface area contributed by atoms with E-state index in [0.29, 0.717) is 11.0 Å². The van der Waals surface area contributed by atoms with E-state index in [1.807, 2.05) is 6.92 Å². The maximum Gasteiger partial charge on any atom is 0.151 e. The molecule has 1 heterocycles. The number of hydrogen-bond donors (Lipinski definition) is 1. The van der Waals surface area contributed by atoms with E-state index in [9.17, 15) is 0 Å². The van der Waals surface area contributed by atoms with Crippen molar-refractivity contribution < 1.29 is 0 Å². The van der Waals surface area contributed by atoms with E-state index >= 15 is 0 Å². The van der Waals surface area contributed by atoms with Crippen LogP contribution < -0.4 is 5.32 Å². The normalized spacial score (nSPS) is 11.8. The zero-order valence-electron chi connectivity index (χ0n) is 6.58. The highest BCUT2D eigenvalue weighted by Crippen LogP contribution is 2.06. The summed E-state index contributed by atoms with van der Waals surface area (Å²) in [7, 11) is 0. The van der Waals surface area contributed by atoms with Gasteiger partial charge in [-0.3, -0.25) is 0 Å². The lowest BCUT2D eigenvalue weighted by Crippen LogP contribution is -2.13. The first-order chi connectivity index (χ1) is 5.72. The van der Waals surface area contributed by atoms with Crippen molar-refractivity contribution in [2.24, 2.45) is 0 Å². The van der Waals surface area contributed by atoms with Crippen molar-refractivity contribution in [1.29, 1.82) is 0 Å². The van der Waals surface area contributed by atoms with Crippen LogP contribution in [0.15, 0.2) is 12.1 Å². The second-order valence-corrected chi connectivity index (χ2v) is 2.66. The fraction of sp³-hybridized carbons (Fsp3) is 0.250. The molecule has 1 rings (SSSR count). The van der Waals surface area contributed by atoms with Gasteiger partial charge in [-0.1, -0.05) is 17.5 Å². The first-order valence-electron chi connectivity index (χ1n) is 3.44. The summed E-state index contributed by atoms with van der Waals surface area (Å²) in [6, 6.07) is 3.32. The Morgan fingerprint density at radius 1 is 1.58 bits per heavy atom. The van der Waals surface area contributed by atoms with Crippen LogP contribution in [0.4, 0.5) is 5.82 Å². The third-order valence-corrected chi connectivity index (χ3v) is 1.45. The number of aromatic nitrogens is 2. The molecule has 0 aliphatic carbocycles. The number of halogens is 1. The van der Waals surface area contributed by atoms with Gasteiger partial charge in [-0.25, -0.2) is 0 Å². The minimum atomic E-state index is -0.0551. The third kappa shape index (κ3) is 2.40. The topological polar surface area (TPSA) is 37.8 Å². The average molecular weight is 182 g/mol. The number of hydrogen-bond acceptors (Lipinski definition) is 3. The molecule has 12 heavy (non-hydrogen) atoms. The fourth-order valence-corrected chi connectivity index (χ4v) is 0.757. The molecule has 0 saturated heterocycles. The van der Waals surface area contributed by atoms with Crippen LogP contribution in [-0.4, -0.2) is 16.2 Å². The largest absolute Gasteiger partial charge is 0.355 e. The van der Waals surface area contributed by atoms with Crippen LogP contribution in [0.3, 0.4) is 0 Å². The van der Waals surface area contributed by atoms with Gasteiger partial charge in [0.25, 0.3) is 0 Å². The number of terminal acetylenes is 1. The molecule has 0 aromatic carbocycles. The number of anilines is 1. The van der Waals surface area contributed by atoms with Gasteiger partial charge in [0.05, 0.1) is 6.04 Å². The summed E-state index contributed by atoms with van der Waals surface area (Å²) in [6.07, 6.45) is 5.16. The summed E-state index contributed by atoms with van der Waals surface area (Å²) < 4.78 is 0. The second-order valence-electron chi connectivity index (χ2n) is 2.27. The van der Waals surface area contributed by atoms with Crippen molar-refractivity contribution >= 4 is 17.4 Å². The second kappa shape index (κ2) is 3.93. The van der Waals surface area contributed by atoms with Crippen molar-refractivity contribution in [2.75, 3.05) is 5.32 Å². The minimum Gasteiger partial charge on any atom is -0.355 e. The Labute approximate surface area is 76.2 Å². The summed E-state index contributed by atoms with van der Waals surface area (Å²) in [5.74, 6) is 3.15. The highest BCUT2D eigenvalue weighted by atomic mass is 35.5. The van der Waals surface area contributed by atoms with Crippen molar-refractivity contribution in [3.05, 3.63) is 17.3 Å². The molecule has 3 nitrogen and oxygen atoms in total. The van der Waals surface area contributed by atoms with E-state index in [1.54, 1.807) is 12.1 Å². The molecule has 62 valence electrons. The molecule has 1 N–H and O–H groups in total. The molecule has 0 radical (unpaired) electrons. The van der Waals surface area contributed by atoms with Gasteiger partial charge < -0.3 is 5.32 Å². The predicted molar refractivity (Wildman–Crippen MR) is 49.0 cm³/mol. The van der Waals surface area contributed by atoms with Gasteiger partial charge in [0.1, 0.15) is 5.82 Å². The van der Waals surface area contributed by atoms with Gasteiger partial charge >= 0.3 is 0 Å². The lowest BCUT2D eigenvalue weighted by atomic mass is 10.3. The molecule has 1 aromatic rings. The molecule has 4 heteroatoms. The Bertz CT molecular complexity index is 288. The quantitative estimate of drug-likeness (QED) is 0.704. The molecule has 0 aliphatic rings. The van der Waals surface area contributed by atoms with Gasteiger partial charge in [-0.2, -0.15) is 0 Å². The smallest absolute Gasteiger partial charge is 0.151 e. The monoisotopic (exact) mass is 181 g/mol. The third-order valence-electron chi connectivity index (χ3n) is 1.25. The highest BCUT2D eigenvalue weighted by molar-refractivity contribution is 6.29. The first kappa shape index (κ1) is 8.82. The lowest BCUT2D eigenvalue weighted by molar-refractivity contribution is 0.963. The van der Waals surface area contributed by atoms with Crippen LogP contribution in [0, 0.1) is 12.3 Å². The number of nitrogens with zero attached hydrogens (tertiary/aromatic N) is 2. The van der Waals surface area contributed by atoms with Crippen molar-refractivity contribution in [1.82, 2.24) is 10.2 Å². The zero-order valence-corrected chi connectivity index (χ0v) is 7.34. The molecular weight excluding hydrogens is 174 g/mol. The molecule has 0 amide bonds. The van der Waals surface area contributed by atoms with Crippen molar-refractivity contribution in [3.8, 4) is 12.3 Å². The maximum atomic E-state index is 5.54. The highest BCUT2D eigenvalue weighted by Gasteiger charge is 1.98. The Balaban J connectivity index is 2.66. The molecule has 0 bridgehead atoms. The summed E-state index contributed by atoms with van der Waals surface area (Å²) in [5, 5.41) is 10.7. The zero-order chi connectivity index (χ0) is 8.97. The van der Waals surface area contributed by atoms with Gasteiger partial charge in [-0.05, 0) is 19.1 Å². The summed E-state index contributed by atoms with van der Waals surface area (Å²) >= 11 is 5.54. The minimum absolute atomic E-state index is 0.0551. The van der Waals surface area contributed by atoms with Crippen LogP contribution >= 0.6 is 11.6 Å². The van der Waals surface area contributed by atoms with E-state index < -0.39 is 0 Å². The fourth-order valence-electron chi connectivity index (χ4n) is 0.656. The van der Waals surface area contributed by atoms with Gasteiger partial charge in [0.2, 0.25) is 0 Å². The molecule has 0 fully saturated rings. The van der Waals surface area contributed by atoms with E-state index in [4.69, 9.17) is 18.0 Å². The van der Waals surface area contributed by atoms with Crippen LogP contribution in [0.25, 0.3) is 0 Å². The van der Waals surface area contributed by atoms with Crippen molar-refractivity contribution in [3.63, 3.8) is 0 Å². The molecule has 1 atom stereocenters. The average Bonchev–Trinajstić information content (AvgIpc) is 2.09. The Morgan fingerprint density at radius 2 is 2.33 bits per heavy atom. The van der Waals surface area contributed by atoms with E-state index in [-0.39, 0.29) is 6.04 Å². The van der Waals surface area contributed by atoms with E-state index in [1.165, 1.54) is 0 Å². The maximum absolute atomic E-state index is 5.54. The van der Waals surface area contributed by atoms with Gasteiger partial charge in [-0.15, -0.1) is 16.6 Å². The predicted octanol–water partition coefficient (Wildman–Crippen LogP) is 1.56. The molecule has 1 aromatic heterocycles. The summed E-state index contributed by atoms with van der Waals surface area (Å²) in [5.41, 5.74) is 0. The van der Waals surface area contributed by atoms with E-state index in [0.717, 1.165) is 0 Å². The number of rotatable bonds is 2. The standard InChI is InChI=1S/C8H8ClN3/c1-3-6(2)10-8-5-4-7(9)11-12-8/h1,4-6H,2H3,(H,10,12). The Kier molecular flexibility index (Phi) is 2.89. The Hall–Kier alpha value is -1.27. The first-order valence-corrected chi connectivity index (χ1v) is 3.82. The van der Waals surface area contributed by atoms with Gasteiger partial charge in [0.15, 0.2) is 5.15 Å². The van der Waals surface area contributed by atoms with E-state index in [2.05, 4.69) is 21.4 Å². The van der Waals surface area contributed by atoms with Gasteiger partial charge in [0, 0.05) is 0 Å². The summed E-state index contributed by atoms with van der Waals surface area (Å²) in [6.45, 7) is 1.86. The molecule has 0 saturated carbocycles. The molecular formula is C8H8ClN3. The van der Waals surface area contributed by atoms with Crippen molar-refractivity contribution in [2.45, 2.75) is 13.0 Å². The lowest BCUT2D eigenvalue weighted by Gasteiger charge is -2.06. The summed E-state index contributed by atoms with van der Waals surface area (Å²) in [4.78, 5) is 0.